The molecule has 3 amide bonds. The lowest BCUT2D eigenvalue weighted by Gasteiger charge is -2.38. The van der Waals surface area contributed by atoms with Crippen LogP contribution in [0.15, 0.2) is 36.9 Å². The van der Waals surface area contributed by atoms with Gasteiger partial charge in [-0.25, -0.2) is 4.79 Å². The smallest absolute Gasteiger partial charge is 0.316 e. The van der Waals surface area contributed by atoms with Gasteiger partial charge in [-0.2, -0.15) is 0 Å². The fourth-order valence-corrected chi connectivity index (χ4v) is 7.18. The highest BCUT2D eigenvalue weighted by Crippen LogP contribution is 2.65. The van der Waals surface area contributed by atoms with E-state index in [9.17, 15) is 28.8 Å². The number of para-hydroxylation sites is 1. The van der Waals surface area contributed by atoms with E-state index in [2.05, 4.69) is 31.1 Å². The van der Waals surface area contributed by atoms with Crippen molar-refractivity contribution >= 4 is 35.1 Å². The average molecular weight is 666 g/mol. The number of amides is 3. The van der Waals surface area contributed by atoms with Crippen LogP contribution in [0.25, 0.3) is 0 Å². The topological polar surface area (TPSA) is 139 Å². The molecule has 1 aromatic rings. The van der Waals surface area contributed by atoms with Crippen LogP contribution < -0.4 is 15.4 Å². The average Bonchev–Trinajstić information content (AvgIpc) is 3.34. The summed E-state index contributed by atoms with van der Waals surface area (Å²) in [5.41, 5.74) is -0.570. The number of hydrogen-bond donors (Lipinski definition) is 2. The van der Waals surface area contributed by atoms with Gasteiger partial charge in [-0.05, 0) is 53.6 Å². The highest BCUT2D eigenvalue weighted by atomic mass is 16.5. The third-order valence-electron chi connectivity index (χ3n) is 10.1. The van der Waals surface area contributed by atoms with Crippen LogP contribution in [0.1, 0.15) is 97.9 Å². The maximum atomic E-state index is 14.4. The SMILES string of the molecule is C=CCCC(=O)C(=O)C(CCC)CC(=O)[C@@H]1[C@@H]2[C@H](CN1C(=O)[C@@H](NC(=O)N[C@H](C(=O)c1ccccc1OC)C(C)C)C(C)(C)C)C2(C)C. The Morgan fingerprint density at radius 1 is 1.08 bits per heavy atom. The van der Waals surface area contributed by atoms with E-state index in [-0.39, 0.29) is 47.6 Å². The van der Waals surface area contributed by atoms with Crippen LogP contribution in [0, 0.1) is 34.5 Å². The summed E-state index contributed by atoms with van der Waals surface area (Å²) < 4.78 is 5.37. The third kappa shape index (κ3) is 8.42. The summed E-state index contributed by atoms with van der Waals surface area (Å²) in [6.07, 6.45) is 2.96. The molecule has 1 saturated heterocycles. The summed E-state index contributed by atoms with van der Waals surface area (Å²) in [6.45, 7) is 19.2. The third-order valence-corrected chi connectivity index (χ3v) is 10.1. The molecule has 1 aromatic carbocycles. The molecule has 1 aliphatic carbocycles. The second-order valence-corrected chi connectivity index (χ2v) is 15.4. The molecule has 1 heterocycles. The molecular formula is C38H55N3O7. The molecule has 0 aromatic heterocycles. The monoisotopic (exact) mass is 665 g/mol. The zero-order chi connectivity index (χ0) is 36.1. The first-order chi connectivity index (χ1) is 22.4. The molecule has 0 radical (unpaired) electrons. The second kappa shape index (κ2) is 15.6. The standard InChI is InChI=1S/C38H55N3O7/c1-11-13-18-26(42)32(44)23(16-12-2)20-27(43)31-29-25(38(29,8)9)21-41(31)35(46)34(37(5,6)7)40-36(47)39-30(22(3)4)33(45)24-17-14-15-19-28(24)48-10/h11,14-15,17,19,22-23,25,29-31,34H,1,12-13,16,18,20-21H2,2-10H3,(H2,39,40,47)/t23?,25-,29-,30-,31+,34+/m0/s1. The van der Waals surface area contributed by atoms with Crippen LogP contribution in [0.2, 0.25) is 0 Å². The van der Waals surface area contributed by atoms with Crippen LogP contribution >= 0.6 is 0 Å². The maximum absolute atomic E-state index is 14.4. The zero-order valence-corrected chi connectivity index (χ0v) is 30.2. The van der Waals surface area contributed by atoms with Gasteiger partial charge in [-0.15, -0.1) is 6.58 Å². The van der Waals surface area contributed by atoms with E-state index in [1.54, 1.807) is 35.2 Å². The van der Waals surface area contributed by atoms with Gasteiger partial charge in [0.05, 0.1) is 24.8 Å². The number of ether oxygens (including phenoxy) is 1. The van der Waals surface area contributed by atoms with Gasteiger partial charge in [0.25, 0.3) is 0 Å². The zero-order valence-electron chi connectivity index (χ0n) is 30.2. The minimum Gasteiger partial charge on any atom is -0.496 e. The molecule has 10 heteroatoms. The summed E-state index contributed by atoms with van der Waals surface area (Å²) in [6, 6.07) is 3.45. The van der Waals surface area contributed by atoms with E-state index in [1.165, 1.54) is 7.11 Å². The number of nitrogens with one attached hydrogen (secondary N) is 2. The molecule has 1 unspecified atom stereocenters. The van der Waals surface area contributed by atoms with E-state index < -0.39 is 53.0 Å². The normalized spacial score (nSPS) is 21.4. The predicted octanol–water partition coefficient (Wildman–Crippen LogP) is 5.58. The van der Waals surface area contributed by atoms with Crippen molar-refractivity contribution in [3.8, 4) is 5.75 Å². The number of urea groups is 1. The summed E-state index contributed by atoms with van der Waals surface area (Å²) in [5.74, 6) is -2.58. The van der Waals surface area contributed by atoms with E-state index in [4.69, 9.17) is 4.74 Å². The molecule has 0 bridgehead atoms. The Morgan fingerprint density at radius 3 is 2.29 bits per heavy atom. The first-order valence-corrected chi connectivity index (χ1v) is 17.2. The number of rotatable bonds is 17. The van der Waals surface area contributed by atoms with E-state index in [1.807, 2.05) is 41.5 Å². The number of fused-ring (bicyclic) bond motifs is 1. The minimum absolute atomic E-state index is 0.0612. The fourth-order valence-electron chi connectivity index (χ4n) is 7.18. The van der Waals surface area contributed by atoms with Gasteiger partial charge in [0, 0.05) is 25.3 Å². The van der Waals surface area contributed by atoms with Crippen molar-refractivity contribution in [1.82, 2.24) is 15.5 Å². The Morgan fingerprint density at radius 2 is 1.73 bits per heavy atom. The Hall–Kier alpha value is -3.82. The van der Waals surface area contributed by atoms with Crippen molar-refractivity contribution in [3.05, 3.63) is 42.5 Å². The summed E-state index contributed by atoms with van der Waals surface area (Å²) in [5, 5.41) is 5.62. The van der Waals surface area contributed by atoms with Gasteiger partial charge in [-0.3, -0.25) is 24.0 Å². The molecule has 2 aliphatic rings. The van der Waals surface area contributed by atoms with E-state index in [0.29, 0.717) is 37.1 Å². The van der Waals surface area contributed by atoms with Crippen molar-refractivity contribution in [2.45, 2.75) is 106 Å². The van der Waals surface area contributed by atoms with Crippen molar-refractivity contribution < 1.29 is 33.5 Å². The number of benzene rings is 1. The van der Waals surface area contributed by atoms with Crippen molar-refractivity contribution in [2.75, 3.05) is 13.7 Å². The number of carbonyl (C=O) groups is 6. The molecule has 0 spiro atoms. The molecule has 6 atom stereocenters. The first-order valence-electron chi connectivity index (χ1n) is 17.2. The van der Waals surface area contributed by atoms with Crippen LogP contribution in [-0.4, -0.2) is 71.8 Å². The number of carbonyl (C=O) groups excluding carboxylic acids is 6. The molecule has 48 heavy (non-hydrogen) atoms. The Balaban J connectivity index is 1.84. The van der Waals surface area contributed by atoms with Gasteiger partial charge in [0.2, 0.25) is 11.7 Å². The second-order valence-electron chi connectivity index (χ2n) is 15.4. The maximum Gasteiger partial charge on any atom is 0.316 e. The minimum atomic E-state index is -1.02. The molecule has 2 fully saturated rings. The Bertz CT molecular complexity index is 1410. The van der Waals surface area contributed by atoms with Gasteiger partial charge in [-0.1, -0.05) is 80.0 Å². The molecular weight excluding hydrogens is 610 g/mol. The number of allylic oxidation sites excluding steroid dienone is 1. The number of piperidine rings is 1. The number of likely N-dealkylation sites (tertiary alicyclic amines) is 1. The summed E-state index contributed by atoms with van der Waals surface area (Å²) >= 11 is 0. The number of Topliss-reactive ketones (excluding diaryl/α,β-unsaturated/α-hetero) is 4. The number of nitrogens with zero attached hydrogens (tertiary/aromatic N) is 1. The van der Waals surface area contributed by atoms with Crippen LogP contribution in [0.5, 0.6) is 5.75 Å². The van der Waals surface area contributed by atoms with Crippen LogP contribution in [0.4, 0.5) is 4.79 Å². The first kappa shape index (κ1) is 38.6. The number of methoxy groups -OCH3 is 1. The molecule has 3 rings (SSSR count). The van der Waals surface area contributed by atoms with Gasteiger partial charge < -0.3 is 20.3 Å². The number of ketones is 4. The lowest BCUT2D eigenvalue weighted by Crippen LogP contribution is -2.61. The molecule has 2 N–H and O–H groups in total. The van der Waals surface area contributed by atoms with Crippen molar-refractivity contribution in [3.63, 3.8) is 0 Å². The van der Waals surface area contributed by atoms with Crippen LogP contribution in [0.3, 0.4) is 0 Å². The highest BCUT2D eigenvalue weighted by Gasteiger charge is 2.69. The van der Waals surface area contributed by atoms with Gasteiger partial charge in [0.15, 0.2) is 17.3 Å². The lowest BCUT2D eigenvalue weighted by molar-refractivity contribution is -0.144. The van der Waals surface area contributed by atoms with E-state index in [0.717, 1.165) is 0 Å². The molecule has 264 valence electrons. The summed E-state index contributed by atoms with van der Waals surface area (Å²) in [7, 11) is 1.48. The van der Waals surface area contributed by atoms with E-state index >= 15 is 0 Å². The van der Waals surface area contributed by atoms with Crippen LogP contribution in [-0.2, 0) is 19.2 Å². The Kier molecular flexibility index (Phi) is 12.6. The number of hydrogen-bond acceptors (Lipinski definition) is 7. The quantitative estimate of drug-likeness (QED) is 0.126. The molecule has 1 saturated carbocycles. The predicted molar refractivity (Wildman–Crippen MR) is 185 cm³/mol. The molecule has 1 aliphatic heterocycles. The summed E-state index contributed by atoms with van der Waals surface area (Å²) in [4.78, 5) is 82.8. The largest absolute Gasteiger partial charge is 0.496 e. The van der Waals surface area contributed by atoms with Crippen molar-refractivity contribution in [2.24, 2.45) is 34.5 Å². The lowest BCUT2D eigenvalue weighted by atomic mass is 9.83. The Labute approximate surface area is 285 Å². The molecule has 10 nitrogen and oxygen atoms in total. The van der Waals surface area contributed by atoms with Crippen molar-refractivity contribution in [1.29, 1.82) is 0 Å². The fraction of sp³-hybridized carbons (Fsp3) is 0.632. The highest BCUT2D eigenvalue weighted by molar-refractivity contribution is 6.38. The van der Waals surface area contributed by atoms with Gasteiger partial charge >= 0.3 is 6.03 Å². The van der Waals surface area contributed by atoms with Gasteiger partial charge in [0.1, 0.15) is 11.8 Å².